The lowest BCUT2D eigenvalue weighted by Crippen LogP contribution is -2.43. The molecule has 0 atom stereocenters. The fourth-order valence-corrected chi connectivity index (χ4v) is 2.23. The summed E-state index contributed by atoms with van der Waals surface area (Å²) in [6.45, 7) is 9.08. The molecule has 0 saturated carbocycles. The number of carbonyl (C=O) groups is 2. The minimum atomic E-state index is -1.82. The molecule has 0 amide bonds. The number of nitrogens with zero attached hydrogens (tertiary/aromatic N) is 1. The van der Waals surface area contributed by atoms with Crippen molar-refractivity contribution in [3.63, 3.8) is 0 Å². The van der Waals surface area contributed by atoms with Gasteiger partial charge in [0.05, 0.1) is 13.2 Å². The molecule has 1 heterocycles. The van der Waals surface area contributed by atoms with Crippen molar-refractivity contribution in [1.29, 1.82) is 0 Å². The van der Waals surface area contributed by atoms with Crippen LogP contribution in [0.3, 0.4) is 0 Å². The number of benzene rings is 1. The van der Waals surface area contributed by atoms with Gasteiger partial charge in [-0.05, 0) is 25.5 Å². The van der Waals surface area contributed by atoms with E-state index >= 15 is 0 Å². The molecule has 0 aromatic heterocycles. The summed E-state index contributed by atoms with van der Waals surface area (Å²) in [5.41, 5.74) is 0. The SMILES string of the molecule is CCOc1cccc(OCCCN2CCNCC2)c1.O=C(O)C(=O)O. The number of nitrogens with one attached hydrogen (secondary N) is 1. The van der Waals surface area contributed by atoms with Crippen LogP contribution in [-0.2, 0) is 9.59 Å². The summed E-state index contributed by atoms with van der Waals surface area (Å²) in [7, 11) is 0. The van der Waals surface area contributed by atoms with E-state index < -0.39 is 11.9 Å². The quantitative estimate of drug-likeness (QED) is 0.490. The third-order valence-corrected chi connectivity index (χ3v) is 3.40. The van der Waals surface area contributed by atoms with Crippen molar-refractivity contribution in [2.75, 3.05) is 45.9 Å². The molecule has 8 heteroatoms. The van der Waals surface area contributed by atoms with E-state index in [2.05, 4.69) is 10.2 Å². The first-order valence-electron chi connectivity index (χ1n) is 8.28. The number of carboxylic acid groups (broad SMARTS) is 2. The molecule has 1 aliphatic heterocycles. The Morgan fingerprint density at radius 1 is 1.12 bits per heavy atom. The number of hydrogen-bond acceptors (Lipinski definition) is 6. The van der Waals surface area contributed by atoms with Crippen molar-refractivity contribution < 1.29 is 29.3 Å². The first-order valence-corrected chi connectivity index (χ1v) is 8.28. The average molecular weight is 354 g/mol. The average Bonchev–Trinajstić information content (AvgIpc) is 2.61. The van der Waals surface area contributed by atoms with Gasteiger partial charge in [-0.1, -0.05) is 6.07 Å². The topological polar surface area (TPSA) is 108 Å². The van der Waals surface area contributed by atoms with E-state index in [9.17, 15) is 0 Å². The van der Waals surface area contributed by atoms with Gasteiger partial charge >= 0.3 is 11.9 Å². The van der Waals surface area contributed by atoms with Crippen LogP contribution in [0.15, 0.2) is 24.3 Å². The summed E-state index contributed by atoms with van der Waals surface area (Å²) in [5, 5.41) is 18.1. The Bertz CT molecular complexity index is 520. The number of aliphatic carboxylic acids is 2. The van der Waals surface area contributed by atoms with Gasteiger partial charge in [0.25, 0.3) is 0 Å². The lowest BCUT2D eigenvalue weighted by molar-refractivity contribution is -0.159. The molecular weight excluding hydrogens is 328 g/mol. The molecule has 1 saturated heterocycles. The van der Waals surface area contributed by atoms with E-state index in [0.29, 0.717) is 6.61 Å². The minimum absolute atomic E-state index is 0.687. The Morgan fingerprint density at radius 3 is 2.28 bits per heavy atom. The fourth-order valence-electron chi connectivity index (χ4n) is 2.23. The maximum atomic E-state index is 9.10. The van der Waals surface area contributed by atoms with Crippen LogP contribution in [0.5, 0.6) is 11.5 Å². The van der Waals surface area contributed by atoms with Gasteiger partial charge in [-0.25, -0.2) is 9.59 Å². The van der Waals surface area contributed by atoms with Gasteiger partial charge in [0.15, 0.2) is 0 Å². The molecule has 0 bridgehead atoms. The van der Waals surface area contributed by atoms with Gasteiger partial charge in [0, 0.05) is 38.8 Å². The number of ether oxygens (including phenoxy) is 2. The number of hydrogen-bond donors (Lipinski definition) is 3. The van der Waals surface area contributed by atoms with Gasteiger partial charge < -0.3 is 29.9 Å². The maximum absolute atomic E-state index is 9.10. The molecule has 1 fully saturated rings. The van der Waals surface area contributed by atoms with Crippen LogP contribution in [0, 0.1) is 0 Å². The Morgan fingerprint density at radius 2 is 1.72 bits per heavy atom. The normalized spacial score (nSPS) is 14.1. The van der Waals surface area contributed by atoms with Crippen LogP contribution >= 0.6 is 0 Å². The Labute approximate surface area is 147 Å². The summed E-state index contributed by atoms with van der Waals surface area (Å²) in [6, 6.07) is 7.86. The van der Waals surface area contributed by atoms with Crippen LogP contribution < -0.4 is 14.8 Å². The van der Waals surface area contributed by atoms with Crippen molar-refractivity contribution in [3.8, 4) is 11.5 Å². The highest BCUT2D eigenvalue weighted by Crippen LogP contribution is 2.19. The van der Waals surface area contributed by atoms with Crippen molar-refractivity contribution in [2.24, 2.45) is 0 Å². The zero-order valence-corrected chi connectivity index (χ0v) is 14.4. The molecule has 8 nitrogen and oxygen atoms in total. The summed E-state index contributed by atoms with van der Waals surface area (Å²) in [4.78, 5) is 20.7. The second kappa shape index (κ2) is 12.1. The second-order valence-electron chi connectivity index (χ2n) is 5.31. The summed E-state index contributed by atoms with van der Waals surface area (Å²) < 4.78 is 11.2. The van der Waals surface area contributed by atoms with Crippen LogP contribution in [0.2, 0.25) is 0 Å². The molecule has 0 radical (unpaired) electrons. The Hall–Kier alpha value is -2.32. The third kappa shape index (κ3) is 9.53. The van der Waals surface area contributed by atoms with Crippen LogP contribution in [0.25, 0.3) is 0 Å². The first-order chi connectivity index (χ1) is 12.0. The van der Waals surface area contributed by atoms with Gasteiger partial charge in [0.1, 0.15) is 11.5 Å². The van der Waals surface area contributed by atoms with E-state index in [4.69, 9.17) is 29.3 Å². The van der Waals surface area contributed by atoms with Crippen LogP contribution in [0.4, 0.5) is 0 Å². The number of carboxylic acids is 2. The fraction of sp³-hybridized carbons (Fsp3) is 0.529. The predicted molar refractivity (Wildman–Crippen MR) is 92.3 cm³/mol. The standard InChI is InChI=1S/C15H24N2O2.C2H2O4/c1-2-18-14-5-3-6-15(13-14)19-12-4-9-17-10-7-16-8-11-17;3-1(4)2(5)6/h3,5-6,13,16H,2,4,7-12H2,1H3;(H,3,4)(H,5,6). The highest BCUT2D eigenvalue weighted by Gasteiger charge is 2.08. The summed E-state index contributed by atoms with van der Waals surface area (Å²) >= 11 is 0. The monoisotopic (exact) mass is 354 g/mol. The van der Waals surface area contributed by atoms with Gasteiger partial charge in [0.2, 0.25) is 0 Å². The Kier molecular flexibility index (Phi) is 10.0. The molecular formula is C17H26N2O6. The predicted octanol–water partition coefficient (Wildman–Crippen LogP) is 0.915. The maximum Gasteiger partial charge on any atom is 0.414 e. The van der Waals surface area contributed by atoms with Crippen molar-refractivity contribution in [1.82, 2.24) is 10.2 Å². The second-order valence-corrected chi connectivity index (χ2v) is 5.31. The molecule has 1 aliphatic rings. The van der Waals surface area contributed by atoms with E-state index in [0.717, 1.165) is 57.3 Å². The third-order valence-electron chi connectivity index (χ3n) is 3.40. The lowest BCUT2D eigenvalue weighted by atomic mass is 10.3. The molecule has 1 aromatic rings. The smallest absolute Gasteiger partial charge is 0.414 e. The summed E-state index contributed by atoms with van der Waals surface area (Å²) in [6.07, 6.45) is 1.07. The van der Waals surface area contributed by atoms with Crippen LogP contribution in [-0.4, -0.2) is 73.0 Å². The van der Waals surface area contributed by atoms with E-state index in [1.165, 1.54) is 0 Å². The van der Waals surface area contributed by atoms with E-state index in [1.54, 1.807) is 0 Å². The molecule has 0 aliphatic carbocycles. The highest BCUT2D eigenvalue weighted by molar-refractivity contribution is 6.27. The first kappa shape index (κ1) is 20.7. The highest BCUT2D eigenvalue weighted by atomic mass is 16.5. The zero-order chi connectivity index (χ0) is 18.5. The minimum Gasteiger partial charge on any atom is -0.494 e. The lowest BCUT2D eigenvalue weighted by Gasteiger charge is -2.26. The number of piperazine rings is 1. The molecule has 0 unspecified atom stereocenters. The van der Waals surface area contributed by atoms with Gasteiger partial charge in [-0.3, -0.25) is 0 Å². The van der Waals surface area contributed by atoms with Crippen molar-refractivity contribution >= 4 is 11.9 Å². The largest absolute Gasteiger partial charge is 0.494 e. The van der Waals surface area contributed by atoms with Crippen molar-refractivity contribution in [3.05, 3.63) is 24.3 Å². The molecule has 3 N–H and O–H groups in total. The molecule has 0 spiro atoms. The summed E-state index contributed by atoms with van der Waals surface area (Å²) in [5.74, 6) is -1.88. The van der Waals surface area contributed by atoms with Crippen LogP contribution in [0.1, 0.15) is 13.3 Å². The molecule has 140 valence electrons. The zero-order valence-electron chi connectivity index (χ0n) is 14.4. The number of rotatable bonds is 7. The van der Waals surface area contributed by atoms with Crippen molar-refractivity contribution in [2.45, 2.75) is 13.3 Å². The molecule has 2 rings (SSSR count). The van der Waals surface area contributed by atoms with E-state index in [1.807, 2.05) is 31.2 Å². The van der Waals surface area contributed by atoms with Gasteiger partial charge in [-0.15, -0.1) is 0 Å². The van der Waals surface area contributed by atoms with E-state index in [-0.39, 0.29) is 0 Å². The molecule has 25 heavy (non-hydrogen) atoms. The molecule has 1 aromatic carbocycles. The van der Waals surface area contributed by atoms with Gasteiger partial charge in [-0.2, -0.15) is 0 Å². The Balaban J connectivity index is 0.000000450.